The molecule has 0 aromatic heterocycles. The summed E-state index contributed by atoms with van der Waals surface area (Å²) in [6.07, 6.45) is 1.74. The molecule has 0 aliphatic rings. The van der Waals surface area contributed by atoms with Gasteiger partial charge >= 0.3 is 0 Å². The highest BCUT2D eigenvalue weighted by Crippen LogP contribution is 2.21. The third kappa shape index (κ3) is 2.22. The number of carbonyl (C=O) groups excluding carboxylic acids is 1. The third-order valence-electron chi connectivity index (χ3n) is 2.22. The maximum atomic E-state index is 11.0. The number of hydrogen-bond acceptors (Lipinski definition) is 1. The summed E-state index contributed by atoms with van der Waals surface area (Å²) >= 11 is 0. The molecule has 0 unspecified atom stereocenters. The van der Waals surface area contributed by atoms with Gasteiger partial charge in [0, 0.05) is 6.92 Å². The lowest BCUT2D eigenvalue weighted by molar-refractivity contribution is -0.120. The Balaban J connectivity index is 3.01. The SMILES string of the molecule is C=C[C@](C)(NC(C)=O)c1ccccc1. The van der Waals surface area contributed by atoms with Gasteiger partial charge in [0.1, 0.15) is 0 Å². The number of rotatable bonds is 3. The van der Waals surface area contributed by atoms with Gasteiger partial charge < -0.3 is 5.32 Å². The summed E-state index contributed by atoms with van der Waals surface area (Å²) in [5.41, 5.74) is 0.554. The monoisotopic (exact) mass is 189 g/mol. The van der Waals surface area contributed by atoms with Crippen molar-refractivity contribution in [2.45, 2.75) is 19.4 Å². The van der Waals surface area contributed by atoms with E-state index in [4.69, 9.17) is 0 Å². The quantitative estimate of drug-likeness (QED) is 0.726. The molecule has 1 N–H and O–H groups in total. The molecule has 1 aromatic carbocycles. The Kier molecular flexibility index (Phi) is 3.07. The zero-order valence-corrected chi connectivity index (χ0v) is 8.58. The van der Waals surface area contributed by atoms with Crippen LogP contribution in [0.15, 0.2) is 43.0 Å². The molecule has 0 aliphatic heterocycles. The minimum atomic E-state index is -0.479. The van der Waals surface area contributed by atoms with Crippen molar-refractivity contribution in [3.05, 3.63) is 48.6 Å². The van der Waals surface area contributed by atoms with Crippen LogP contribution in [0.25, 0.3) is 0 Å². The van der Waals surface area contributed by atoms with Crippen molar-refractivity contribution >= 4 is 5.91 Å². The van der Waals surface area contributed by atoms with Crippen LogP contribution in [-0.2, 0) is 10.3 Å². The molecular formula is C12H15NO. The van der Waals surface area contributed by atoms with E-state index in [0.717, 1.165) is 5.56 Å². The summed E-state index contributed by atoms with van der Waals surface area (Å²) in [6.45, 7) is 7.18. The molecule has 0 bridgehead atoms. The van der Waals surface area contributed by atoms with Crippen LogP contribution in [-0.4, -0.2) is 5.91 Å². The van der Waals surface area contributed by atoms with Gasteiger partial charge in [0.15, 0.2) is 0 Å². The second kappa shape index (κ2) is 4.09. The van der Waals surface area contributed by atoms with Crippen molar-refractivity contribution in [1.82, 2.24) is 5.32 Å². The van der Waals surface area contributed by atoms with Crippen LogP contribution in [0.1, 0.15) is 19.4 Å². The Labute approximate surface area is 84.6 Å². The van der Waals surface area contributed by atoms with Gasteiger partial charge in [-0.3, -0.25) is 4.79 Å². The minimum Gasteiger partial charge on any atom is -0.344 e. The minimum absolute atomic E-state index is 0.0590. The highest BCUT2D eigenvalue weighted by atomic mass is 16.1. The van der Waals surface area contributed by atoms with Crippen molar-refractivity contribution in [3.8, 4) is 0 Å². The Bertz CT molecular complexity index is 331. The standard InChI is InChI=1S/C12H15NO/c1-4-12(3,13-10(2)14)11-8-6-5-7-9-11/h4-9H,1H2,2-3H3,(H,13,14)/t12-/m0/s1. The van der Waals surface area contributed by atoms with Crippen molar-refractivity contribution in [2.24, 2.45) is 0 Å². The molecule has 0 heterocycles. The Morgan fingerprint density at radius 1 is 1.43 bits per heavy atom. The van der Waals surface area contributed by atoms with Crippen LogP contribution in [0.4, 0.5) is 0 Å². The van der Waals surface area contributed by atoms with Gasteiger partial charge in [-0.05, 0) is 12.5 Å². The normalized spacial score (nSPS) is 14.1. The highest BCUT2D eigenvalue weighted by molar-refractivity contribution is 5.74. The largest absolute Gasteiger partial charge is 0.344 e. The first kappa shape index (κ1) is 10.5. The molecule has 74 valence electrons. The van der Waals surface area contributed by atoms with E-state index in [1.807, 2.05) is 37.3 Å². The van der Waals surface area contributed by atoms with Crippen LogP contribution in [0.5, 0.6) is 0 Å². The van der Waals surface area contributed by atoms with Crippen molar-refractivity contribution < 1.29 is 4.79 Å². The highest BCUT2D eigenvalue weighted by Gasteiger charge is 2.22. The van der Waals surface area contributed by atoms with Crippen LogP contribution in [0, 0.1) is 0 Å². The number of hydrogen-bond donors (Lipinski definition) is 1. The lowest BCUT2D eigenvalue weighted by Gasteiger charge is -2.27. The van der Waals surface area contributed by atoms with E-state index in [0.29, 0.717) is 0 Å². The van der Waals surface area contributed by atoms with Gasteiger partial charge in [0.05, 0.1) is 5.54 Å². The Morgan fingerprint density at radius 3 is 2.43 bits per heavy atom. The number of benzene rings is 1. The van der Waals surface area contributed by atoms with Gasteiger partial charge in [-0.1, -0.05) is 36.4 Å². The molecule has 2 nitrogen and oxygen atoms in total. The zero-order valence-electron chi connectivity index (χ0n) is 8.58. The molecule has 0 fully saturated rings. The van der Waals surface area contributed by atoms with Gasteiger partial charge in [0.2, 0.25) is 5.91 Å². The average Bonchev–Trinajstić information content (AvgIpc) is 2.18. The van der Waals surface area contributed by atoms with E-state index >= 15 is 0 Å². The molecular weight excluding hydrogens is 174 g/mol. The van der Waals surface area contributed by atoms with E-state index in [1.165, 1.54) is 6.92 Å². The van der Waals surface area contributed by atoms with Crippen molar-refractivity contribution in [3.63, 3.8) is 0 Å². The molecule has 0 saturated carbocycles. The van der Waals surface area contributed by atoms with E-state index in [-0.39, 0.29) is 5.91 Å². The molecule has 1 amide bonds. The van der Waals surface area contributed by atoms with Crippen LogP contribution < -0.4 is 5.32 Å². The summed E-state index contributed by atoms with van der Waals surface area (Å²) in [5.74, 6) is -0.0590. The fraction of sp³-hybridized carbons (Fsp3) is 0.250. The smallest absolute Gasteiger partial charge is 0.217 e. The average molecular weight is 189 g/mol. The maximum absolute atomic E-state index is 11.0. The first-order chi connectivity index (χ1) is 6.58. The topological polar surface area (TPSA) is 29.1 Å². The summed E-state index contributed by atoms with van der Waals surface area (Å²) in [7, 11) is 0. The van der Waals surface area contributed by atoms with Gasteiger partial charge in [-0.15, -0.1) is 6.58 Å². The van der Waals surface area contributed by atoms with Gasteiger partial charge in [-0.25, -0.2) is 0 Å². The molecule has 1 rings (SSSR count). The van der Waals surface area contributed by atoms with Crippen molar-refractivity contribution in [2.75, 3.05) is 0 Å². The number of carbonyl (C=O) groups is 1. The molecule has 0 aliphatic carbocycles. The Morgan fingerprint density at radius 2 is 2.00 bits per heavy atom. The zero-order chi connectivity index (χ0) is 10.6. The molecule has 1 aromatic rings. The number of amides is 1. The summed E-state index contributed by atoms with van der Waals surface area (Å²) in [6, 6.07) is 9.77. The first-order valence-corrected chi connectivity index (χ1v) is 4.56. The first-order valence-electron chi connectivity index (χ1n) is 4.56. The summed E-state index contributed by atoms with van der Waals surface area (Å²) < 4.78 is 0. The van der Waals surface area contributed by atoms with Crippen LogP contribution in [0.3, 0.4) is 0 Å². The molecule has 14 heavy (non-hydrogen) atoms. The second-order valence-electron chi connectivity index (χ2n) is 3.45. The lowest BCUT2D eigenvalue weighted by atomic mass is 9.92. The molecule has 0 spiro atoms. The lowest BCUT2D eigenvalue weighted by Crippen LogP contribution is -2.40. The molecule has 0 radical (unpaired) electrons. The summed E-state index contributed by atoms with van der Waals surface area (Å²) in [4.78, 5) is 11.0. The molecule has 1 atom stereocenters. The van der Waals surface area contributed by atoms with E-state index in [9.17, 15) is 4.79 Å². The fourth-order valence-electron chi connectivity index (χ4n) is 1.39. The van der Waals surface area contributed by atoms with E-state index in [1.54, 1.807) is 6.08 Å². The third-order valence-corrected chi connectivity index (χ3v) is 2.22. The van der Waals surface area contributed by atoms with Gasteiger partial charge in [0.25, 0.3) is 0 Å². The summed E-state index contributed by atoms with van der Waals surface area (Å²) in [5, 5.41) is 2.87. The predicted molar refractivity (Wildman–Crippen MR) is 57.8 cm³/mol. The predicted octanol–water partition coefficient (Wildman–Crippen LogP) is 2.22. The fourth-order valence-corrected chi connectivity index (χ4v) is 1.39. The Hall–Kier alpha value is -1.57. The van der Waals surface area contributed by atoms with Crippen LogP contribution in [0.2, 0.25) is 0 Å². The van der Waals surface area contributed by atoms with Crippen LogP contribution >= 0.6 is 0 Å². The van der Waals surface area contributed by atoms with Gasteiger partial charge in [-0.2, -0.15) is 0 Å². The van der Waals surface area contributed by atoms with E-state index < -0.39 is 5.54 Å². The number of nitrogens with one attached hydrogen (secondary N) is 1. The molecule has 0 saturated heterocycles. The maximum Gasteiger partial charge on any atom is 0.217 e. The van der Waals surface area contributed by atoms with Crippen molar-refractivity contribution in [1.29, 1.82) is 0 Å². The van der Waals surface area contributed by atoms with E-state index in [2.05, 4.69) is 11.9 Å². The molecule has 2 heteroatoms. The second-order valence-corrected chi connectivity index (χ2v) is 3.45.